The zero-order valence-corrected chi connectivity index (χ0v) is 26.8. The van der Waals surface area contributed by atoms with E-state index in [1.807, 2.05) is 0 Å². The van der Waals surface area contributed by atoms with Gasteiger partial charge < -0.3 is 9.47 Å². The molecule has 1 aromatic rings. The largest absolute Gasteiger partial charge is 0.430 e. The van der Waals surface area contributed by atoms with Crippen LogP contribution in [0.2, 0.25) is 0 Å². The van der Waals surface area contributed by atoms with Crippen molar-refractivity contribution < 1.29 is 19.1 Å². The van der Waals surface area contributed by atoms with Crippen LogP contribution >= 0.6 is 0 Å². The number of unbranched alkanes of at least 4 members (excludes halogenated alkanes) is 12. The fourth-order valence-corrected chi connectivity index (χ4v) is 6.90. The normalized spacial score (nSPS) is 16.9. The lowest BCUT2D eigenvalue weighted by molar-refractivity contribution is -0.140. The Morgan fingerprint density at radius 3 is 1.80 bits per heavy atom. The minimum absolute atomic E-state index is 0.134. The number of ketones is 1. The Labute approximate surface area is 251 Å². The SMILES string of the molecule is CCCCCCCCCCCCCCCC(=O)OC1=C(c2c(CC)cc(C)cc2CC)C(=O)CC2(CCOCC2)C1. The summed E-state index contributed by atoms with van der Waals surface area (Å²) in [5, 5.41) is 0. The summed E-state index contributed by atoms with van der Waals surface area (Å²) in [5.74, 6) is 0.576. The summed E-state index contributed by atoms with van der Waals surface area (Å²) < 4.78 is 11.8. The van der Waals surface area contributed by atoms with Crippen LogP contribution in [0.15, 0.2) is 17.9 Å². The maximum atomic E-state index is 13.9. The molecule has 1 aliphatic heterocycles. The molecular formula is C37H58O4. The molecule has 0 bridgehead atoms. The van der Waals surface area contributed by atoms with Crippen LogP contribution in [0.5, 0.6) is 0 Å². The Balaban J connectivity index is 1.57. The van der Waals surface area contributed by atoms with Crippen LogP contribution < -0.4 is 0 Å². The molecule has 1 heterocycles. The molecule has 0 radical (unpaired) electrons. The first-order valence-corrected chi connectivity index (χ1v) is 17.1. The molecule has 230 valence electrons. The molecular weight excluding hydrogens is 508 g/mol. The van der Waals surface area contributed by atoms with Gasteiger partial charge in [0.05, 0.1) is 5.57 Å². The molecule has 0 N–H and O–H groups in total. The number of esters is 1. The van der Waals surface area contributed by atoms with Gasteiger partial charge >= 0.3 is 5.97 Å². The molecule has 4 nitrogen and oxygen atoms in total. The Kier molecular flexibility index (Phi) is 14.6. The minimum atomic E-state index is -0.180. The molecule has 2 aliphatic rings. The summed E-state index contributed by atoms with van der Waals surface area (Å²) in [6.07, 6.45) is 21.6. The first-order chi connectivity index (χ1) is 19.9. The van der Waals surface area contributed by atoms with Gasteiger partial charge in [-0.05, 0) is 61.1 Å². The van der Waals surface area contributed by atoms with Gasteiger partial charge in [-0.3, -0.25) is 9.59 Å². The molecule has 0 unspecified atom stereocenters. The van der Waals surface area contributed by atoms with Gasteiger partial charge in [-0.15, -0.1) is 0 Å². The first kappa shape index (κ1) is 33.6. The molecule has 1 aromatic carbocycles. The molecule has 0 amide bonds. The number of rotatable bonds is 18. The van der Waals surface area contributed by atoms with Crippen LogP contribution in [-0.2, 0) is 31.9 Å². The van der Waals surface area contributed by atoms with Gasteiger partial charge in [0, 0.05) is 32.5 Å². The summed E-state index contributed by atoms with van der Waals surface area (Å²) in [5.41, 5.74) is 5.13. The van der Waals surface area contributed by atoms with E-state index in [0.717, 1.165) is 44.1 Å². The Hall–Kier alpha value is -1.94. The first-order valence-electron chi connectivity index (χ1n) is 17.1. The number of hydrogen-bond acceptors (Lipinski definition) is 4. The molecule has 0 aromatic heterocycles. The summed E-state index contributed by atoms with van der Waals surface area (Å²) in [6.45, 7) is 10.0. The van der Waals surface area contributed by atoms with Gasteiger partial charge in [-0.25, -0.2) is 0 Å². The second-order valence-electron chi connectivity index (χ2n) is 12.8. The van der Waals surface area contributed by atoms with Crippen LogP contribution in [0.3, 0.4) is 0 Å². The highest BCUT2D eigenvalue weighted by molar-refractivity contribution is 6.23. The van der Waals surface area contributed by atoms with E-state index >= 15 is 0 Å². The lowest BCUT2D eigenvalue weighted by Crippen LogP contribution is -2.37. The lowest BCUT2D eigenvalue weighted by Gasteiger charge is -2.41. The van der Waals surface area contributed by atoms with Crippen molar-refractivity contribution in [2.45, 2.75) is 156 Å². The van der Waals surface area contributed by atoms with Gasteiger partial charge in [0.25, 0.3) is 0 Å². The topological polar surface area (TPSA) is 52.6 Å². The van der Waals surface area contributed by atoms with Crippen molar-refractivity contribution in [1.29, 1.82) is 0 Å². The van der Waals surface area contributed by atoms with Crippen LogP contribution in [0.1, 0.15) is 159 Å². The Morgan fingerprint density at radius 1 is 0.780 bits per heavy atom. The number of ether oxygens (including phenoxy) is 2. The van der Waals surface area contributed by atoms with Crippen molar-refractivity contribution in [1.82, 2.24) is 0 Å². The molecule has 41 heavy (non-hydrogen) atoms. The van der Waals surface area contributed by atoms with E-state index in [9.17, 15) is 9.59 Å². The van der Waals surface area contributed by atoms with E-state index < -0.39 is 0 Å². The molecule has 1 saturated heterocycles. The smallest absolute Gasteiger partial charge is 0.310 e. The van der Waals surface area contributed by atoms with Crippen molar-refractivity contribution in [2.75, 3.05) is 13.2 Å². The quantitative estimate of drug-likeness (QED) is 0.131. The van der Waals surface area contributed by atoms with Gasteiger partial charge in [-0.1, -0.05) is 116 Å². The van der Waals surface area contributed by atoms with E-state index in [1.54, 1.807) is 0 Å². The van der Waals surface area contributed by atoms with Crippen molar-refractivity contribution in [3.05, 3.63) is 40.1 Å². The third-order valence-electron chi connectivity index (χ3n) is 9.36. The molecule has 1 spiro atoms. The van der Waals surface area contributed by atoms with Crippen molar-refractivity contribution in [2.24, 2.45) is 5.41 Å². The monoisotopic (exact) mass is 566 g/mol. The summed E-state index contributed by atoms with van der Waals surface area (Å²) >= 11 is 0. The Morgan fingerprint density at radius 2 is 1.29 bits per heavy atom. The number of Topliss-reactive ketones (excluding diaryl/α,β-unsaturated/α-hetero) is 1. The van der Waals surface area contributed by atoms with E-state index in [-0.39, 0.29) is 17.2 Å². The summed E-state index contributed by atoms with van der Waals surface area (Å²) in [6, 6.07) is 4.39. The second-order valence-corrected chi connectivity index (χ2v) is 12.8. The highest BCUT2D eigenvalue weighted by atomic mass is 16.5. The van der Waals surface area contributed by atoms with E-state index in [1.165, 1.54) is 87.3 Å². The minimum Gasteiger partial charge on any atom is -0.430 e. The molecule has 3 rings (SSSR count). The number of aryl methyl sites for hydroxylation is 3. The average molecular weight is 567 g/mol. The van der Waals surface area contributed by atoms with Crippen LogP contribution in [0.4, 0.5) is 0 Å². The van der Waals surface area contributed by atoms with E-state index in [4.69, 9.17) is 9.47 Å². The van der Waals surface area contributed by atoms with Crippen molar-refractivity contribution in [3.63, 3.8) is 0 Å². The van der Waals surface area contributed by atoms with Crippen molar-refractivity contribution in [3.8, 4) is 0 Å². The lowest BCUT2D eigenvalue weighted by atomic mass is 9.67. The van der Waals surface area contributed by atoms with Crippen LogP contribution in [-0.4, -0.2) is 25.0 Å². The second kappa shape index (κ2) is 17.9. The van der Waals surface area contributed by atoms with Gasteiger partial charge in [0.15, 0.2) is 5.78 Å². The number of benzene rings is 1. The van der Waals surface area contributed by atoms with Crippen LogP contribution in [0, 0.1) is 12.3 Å². The number of carbonyl (C=O) groups excluding carboxylic acids is 2. The predicted octanol–water partition coefficient (Wildman–Crippen LogP) is 10.0. The maximum Gasteiger partial charge on any atom is 0.310 e. The molecule has 1 aliphatic carbocycles. The summed E-state index contributed by atoms with van der Waals surface area (Å²) in [4.78, 5) is 27.0. The van der Waals surface area contributed by atoms with Gasteiger partial charge in [0.1, 0.15) is 5.76 Å². The fourth-order valence-electron chi connectivity index (χ4n) is 6.90. The maximum absolute atomic E-state index is 13.9. The third-order valence-corrected chi connectivity index (χ3v) is 9.36. The fraction of sp³-hybridized carbons (Fsp3) is 0.730. The zero-order chi connectivity index (χ0) is 29.5. The highest BCUT2D eigenvalue weighted by Gasteiger charge is 2.43. The Bertz CT molecular complexity index is 973. The van der Waals surface area contributed by atoms with Gasteiger partial charge in [0.2, 0.25) is 0 Å². The molecule has 1 fully saturated rings. The highest BCUT2D eigenvalue weighted by Crippen LogP contribution is 2.48. The zero-order valence-electron chi connectivity index (χ0n) is 26.8. The third kappa shape index (κ3) is 10.4. The average Bonchev–Trinajstić information content (AvgIpc) is 2.95. The number of hydrogen-bond donors (Lipinski definition) is 0. The van der Waals surface area contributed by atoms with Crippen molar-refractivity contribution >= 4 is 17.3 Å². The van der Waals surface area contributed by atoms with E-state index in [0.29, 0.717) is 43.8 Å². The standard InChI is InChI=1S/C37H58O4/c1-5-8-9-10-11-12-13-14-15-16-17-18-19-20-34(39)41-33-28-37(21-23-40-24-22-37)27-32(38)36(33)35-30(6-2)25-29(4)26-31(35)7-3/h25-26H,5-24,27-28H2,1-4H3. The molecule has 4 heteroatoms. The number of carbonyl (C=O) groups is 2. The molecule has 0 saturated carbocycles. The summed E-state index contributed by atoms with van der Waals surface area (Å²) in [7, 11) is 0. The predicted molar refractivity (Wildman–Crippen MR) is 170 cm³/mol. The molecule has 0 atom stereocenters. The van der Waals surface area contributed by atoms with E-state index in [2.05, 4.69) is 39.8 Å². The number of allylic oxidation sites excluding steroid dienone is 2. The van der Waals surface area contributed by atoms with Gasteiger partial charge in [-0.2, -0.15) is 0 Å². The van der Waals surface area contributed by atoms with Crippen LogP contribution in [0.25, 0.3) is 5.57 Å².